The SMILES string of the molecule is NNC(=O)CCCCc1nc2ccccc2[nH]1. The van der Waals surface area contributed by atoms with E-state index in [4.69, 9.17) is 5.84 Å². The molecule has 1 aromatic carbocycles. The number of nitrogens with two attached hydrogens (primary N) is 1. The van der Waals surface area contributed by atoms with E-state index < -0.39 is 0 Å². The molecule has 0 saturated heterocycles. The first-order chi connectivity index (χ1) is 8.29. The quantitative estimate of drug-likeness (QED) is 0.314. The predicted octanol–water partition coefficient (Wildman–Crippen LogP) is 1.27. The van der Waals surface area contributed by atoms with Crippen molar-refractivity contribution in [3.8, 4) is 0 Å². The minimum atomic E-state index is -0.116. The number of rotatable bonds is 5. The maximum atomic E-state index is 10.9. The van der Waals surface area contributed by atoms with Crippen LogP contribution >= 0.6 is 0 Å². The second kappa shape index (κ2) is 5.45. The fraction of sp³-hybridized carbons (Fsp3) is 0.333. The highest BCUT2D eigenvalue weighted by molar-refractivity contribution is 5.75. The van der Waals surface area contributed by atoms with Gasteiger partial charge < -0.3 is 4.98 Å². The van der Waals surface area contributed by atoms with E-state index >= 15 is 0 Å². The van der Waals surface area contributed by atoms with Crippen molar-refractivity contribution < 1.29 is 4.79 Å². The van der Waals surface area contributed by atoms with Gasteiger partial charge in [0, 0.05) is 12.8 Å². The van der Waals surface area contributed by atoms with Crippen LogP contribution in [0.25, 0.3) is 11.0 Å². The zero-order chi connectivity index (χ0) is 12.1. The lowest BCUT2D eigenvalue weighted by atomic mass is 10.2. The van der Waals surface area contributed by atoms with E-state index in [-0.39, 0.29) is 5.91 Å². The summed E-state index contributed by atoms with van der Waals surface area (Å²) in [4.78, 5) is 18.6. The van der Waals surface area contributed by atoms with E-state index in [0.717, 1.165) is 36.1 Å². The number of H-pyrrole nitrogens is 1. The van der Waals surface area contributed by atoms with Gasteiger partial charge in [0.1, 0.15) is 5.82 Å². The van der Waals surface area contributed by atoms with E-state index in [2.05, 4.69) is 15.4 Å². The summed E-state index contributed by atoms with van der Waals surface area (Å²) in [6.07, 6.45) is 3.07. The Morgan fingerprint density at radius 3 is 2.94 bits per heavy atom. The molecule has 0 aliphatic carbocycles. The molecule has 0 bridgehead atoms. The van der Waals surface area contributed by atoms with Gasteiger partial charge in [-0.1, -0.05) is 12.1 Å². The Labute approximate surface area is 99.4 Å². The number of benzene rings is 1. The van der Waals surface area contributed by atoms with Crippen LogP contribution in [0.2, 0.25) is 0 Å². The number of aryl methyl sites for hydroxylation is 1. The first kappa shape index (κ1) is 11.6. The minimum absolute atomic E-state index is 0.116. The number of fused-ring (bicyclic) bond motifs is 1. The van der Waals surface area contributed by atoms with Crippen molar-refractivity contribution in [3.05, 3.63) is 30.1 Å². The molecular weight excluding hydrogens is 216 g/mol. The molecule has 0 aliphatic rings. The molecule has 1 heterocycles. The molecule has 0 fully saturated rings. The number of hydrazine groups is 1. The average Bonchev–Trinajstić information content (AvgIpc) is 2.76. The van der Waals surface area contributed by atoms with Crippen LogP contribution in [0.15, 0.2) is 24.3 Å². The van der Waals surface area contributed by atoms with E-state index in [1.807, 2.05) is 24.3 Å². The largest absolute Gasteiger partial charge is 0.342 e. The monoisotopic (exact) mass is 232 g/mol. The predicted molar refractivity (Wildman–Crippen MR) is 66.0 cm³/mol. The molecule has 0 unspecified atom stereocenters. The zero-order valence-corrected chi connectivity index (χ0v) is 9.57. The second-order valence-corrected chi connectivity index (χ2v) is 3.98. The molecule has 0 spiro atoms. The normalized spacial score (nSPS) is 10.6. The third kappa shape index (κ3) is 3.04. The van der Waals surface area contributed by atoms with Crippen molar-refractivity contribution in [2.75, 3.05) is 0 Å². The Balaban J connectivity index is 1.85. The van der Waals surface area contributed by atoms with Crippen LogP contribution in [0.3, 0.4) is 0 Å². The molecule has 2 rings (SSSR count). The van der Waals surface area contributed by atoms with E-state index in [9.17, 15) is 4.79 Å². The molecule has 0 aliphatic heterocycles. The first-order valence-electron chi connectivity index (χ1n) is 5.72. The van der Waals surface area contributed by atoms with Gasteiger partial charge in [0.2, 0.25) is 5.91 Å². The number of aromatic nitrogens is 2. The third-order valence-electron chi connectivity index (χ3n) is 2.67. The molecule has 0 saturated carbocycles. The van der Waals surface area contributed by atoms with E-state index in [0.29, 0.717) is 6.42 Å². The summed E-state index contributed by atoms with van der Waals surface area (Å²) in [5.74, 6) is 5.85. The molecule has 90 valence electrons. The summed E-state index contributed by atoms with van der Waals surface area (Å²) in [6, 6.07) is 7.94. The number of amides is 1. The lowest BCUT2D eigenvalue weighted by Crippen LogP contribution is -2.29. The molecule has 0 radical (unpaired) electrons. The van der Waals surface area contributed by atoms with Gasteiger partial charge in [0.05, 0.1) is 11.0 Å². The summed E-state index contributed by atoms with van der Waals surface area (Å²) in [7, 11) is 0. The molecule has 2 aromatic rings. The molecule has 1 amide bonds. The fourth-order valence-electron chi connectivity index (χ4n) is 1.77. The summed E-state index contributed by atoms with van der Waals surface area (Å²) >= 11 is 0. The number of nitrogens with one attached hydrogen (secondary N) is 2. The second-order valence-electron chi connectivity index (χ2n) is 3.98. The van der Waals surface area contributed by atoms with Gasteiger partial charge in [-0.3, -0.25) is 10.2 Å². The molecule has 5 nitrogen and oxygen atoms in total. The van der Waals surface area contributed by atoms with E-state index in [1.54, 1.807) is 0 Å². The first-order valence-corrected chi connectivity index (χ1v) is 5.72. The smallest absolute Gasteiger partial charge is 0.233 e. The maximum absolute atomic E-state index is 10.9. The van der Waals surface area contributed by atoms with Crippen LogP contribution in [0.5, 0.6) is 0 Å². The third-order valence-corrected chi connectivity index (χ3v) is 2.67. The minimum Gasteiger partial charge on any atom is -0.342 e. The Morgan fingerprint density at radius 1 is 1.35 bits per heavy atom. The van der Waals surface area contributed by atoms with Crippen molar-refractivity contribution in [2.24, 2.45) is 5.84 Å². The zero-order valence-electron chi connectivity index (χ0n) is 9.57. The number of carbonyl (C=O) groups excluding carboxylic acids is 1. The molecule has 17 heavy (non-hydrogen) atoms. The van der Waals surface area contributed by atoms with Crippen molar-refractivity contribution in [1.29, 1.82) is 0 Å². The highest BCUT2D eigenvalue weighted by Crippen LogP contribution is 2.12. The van der Waals surface area contributed by atoms with Crippen LogP contribution in [0, 0.1) is 0 Å². The van der Waals surface area contributed by atoms with Gasteiger partial charge in [-0.15, -0.1) is 0 Å². The Kier molecular flexibility index (Phi) is 3.72. The summed E-state index contributed by atoms with van der Waals surface area (Å²) < 4.78 is 0. The van der Waals surface area contributed by atoms with Gasteiger partial charge >= 0.3 is 0 Å². The van der Waals surface area contributed by atoms with Gasteiger partial charge in [0.15, 0.2) is 0 Å². The molecule has 0 atom stereocenters. The average molecular weight is 232 g/mol. The Morgan fingerprint density at radius 2 is 2.18 bits per heavy atom. The van der Waals surface area contributed by atoms with Crippen molar-refractivity contribution in [1.82, 2.24) is 15.4 Å². The maximum Gasteiger partial charge on any atom is 0.233 e. The Bertz CT molecular complexity index is 473. The van der Waals surface area contributed by atoms with Gasteiger partial charge in [0.25, 0.3) is 0 Å². The van der Waals surface area contributed by atoms with Crippen LogP contribution in [0.1, 0.15) is 25.1 Å². The molecule has 4 N–H and O–H groups in total. The summed E-state index contributed by atoms with van der Waals surface area (Å²) in [5, 5.41) is 0. The summed E-state index contributed by atoms with van der Waals surface area (Å²) in [6.45, 7) is 0. The fourth-order valence-corrected chi connectivity index (χ4v) is 1.77. The van der Waals surface area contributed by atoms with Crippen LogP contribution in [-0.4, -0.2) is 15.9 Å². The summed E-state index contributed by atoms with van der Waals surface area (Å²) in [5.41, 5.74) is 4.17. The van der Waals surface area contributed by atoms with Crippen molar-refractivity contribution in [3.63, 3.8) is 0 Å². The topological polar surface area (TPSA) is 83.8 Å². The highest BCUT2D eigenvalue weighted by Gasteiger charge is 2.02. The van der Waals surface area contributed by atoms with Crippen LogP contribution in [0.4, 0.5) is 0 Å². The number of hydrogen-bond donors (Lipinski definition) is 3. The Hall–Kier alpha value is -1.88. The highest BCUT2D eigenvalue weighted by atomic mass is 16.2. The number of nitrogens with zero attached hydrogens (tertiary/aromatic N) is 1. The standard InChI is InChI=1S/C12H16N4O/c13-16-12(17)8-4-3-7-11-14-9-5-1-2-6-10(9)15-11/h1-2,5-6H,3-4,7-8,13H2,(H,14,15)(H,16,17). The van der Waals surface area contributed by atoms with Crippen molar-refractivity contribution >= 4 is 16.9 Å². The number of imidazole rings is 1. The van der Waals surface area contributed by atoms with Crippen LogP contribution < -0.4 is 11.3 Å². The lowest BCUT2D eigenvalue weighted by molar-refractivity contribution is -0.121. The number of aromatic amines is 1. The molecule has 1 aromatic heterocycles. The van der Waals surface area contributed by atoms with Gasteiger partial charge in [-0.2, -0.15) is 0 Å². The molecular formula is C12H16N4O. The number of para-hydroxylation sites is 2. The van der Waals surface area contributed by atoms with Gasteiger partial charge in [-0.05, 0) is 25.0 Å². The van der Waals surface area contributed by atoms with E-state index in [1.165, 1.54) is 0 Å². The number of carbonyl (C=O) groups is 1. The van der Waals surface area contributed by atoms with Crippen molar-refractivity contribution in [2.45, 2.75) is 25.7 Å². The van der Waals surface area contributed by atoms with Crippen LogP contribution in [-0.2, 0) is 11.2 Å². The lowest BCUT2D eigenvalue weighted by Gasteiger charge is -1.98. The van der Waals surface area contributed by atoms with Gasteiger partial charge in [-0.25, -0.2) is 10.8 Å². The number of hydrogen-bond acceptors (Lipinski definition) is 3. The number of unbranched alkanes of at least 4 members (excludes halogenated alkanes) is 1. The molecule has 5 heteroatoms.